The molecule has 1 atom stereocenters. The predicted molar refractivity (Wildman–Crippen MR) is 102 cm³/mol. The van der Waals surface area contributed by atoms with E-state index in [1.165, 1.54) is 17.3 Å². The van der Waals surface area contributed by atoms with Crippen molar-refractivity contribution in [2.45, 2.75) is 38.0 Å². The number of nitrogens with zero attached hydrogens (tertiary/aromatic N) is 6. The summed E-state index contributed by atoms with van der Waals surface area (Å²) < 4.78 is 1.75. The van der Waals surface area contributed by atoms with Crippen LogP contribution in [0.2, 0.25) is 0 Å². The standard InChI is InChI=1S/C18H26N6OS/c1-14(2)24-18(19-20-21-24)26-13-17(25)23-11-9-22(10-12-23)15(3)16-7-5-4-6-8-16/h4-8,14-15H,9-13H2,1-3H3/t15-/m0/s1. The molecule has 1 fully saturated rings. The summed E-state index contributed by atoms with van der Waals surface area (Å²) in [5.41, 5.74) is 1.32. The van der Waals surface area contributed by atoms with Gasteiger partial charge < -0.3 is 4.90 Å². The van der Waals surface area contributed by atoms with Crippen LogP contribution in [0.15, 0.2) is 35.5 Å². The van der Waals surface area contributed by atoms with Crippen LogP contribution in [-0.4, -0.2) is 67.8 Å². The van der Waals surface area contributed by atoms with Crippen LogP contribution in [0.4, 0.5) is 0 Å². The molecule has 3 rings (SSSR count). The quantitative estimate of drug-likeness (QED) is 0.723. The maximum absolute atomic E-state index is 12.5. The maximum atomic E-state index is 12.5. The highest BCUT2D eigenvalue weighted by atomic mass is 32.2. The molecule has 26 heavy (non-hydrogen) atoms. The Hall–Kier alpha value is -1.93. The summed E-state index contributed by atoms with van der Waals surface area (Å²) in [6.07, 6.45) is 0. The molecule has 1 amide bonds. The van der Waals surface area contributed by atoms with E-state index < -0.39 is 0 Å². The van der Waals surface area contributed by atoms with E-state index in [0.29, 0.717) is 17.0 Å². The molecule has 1 aromatic heterocycles. The number of hydrogen-bond donors (Lipinski definition) is 0. The van der Waals surface area contributed by atoms with Gasteiger partial charge >= 0.3 is 0 Å². The SMILES string of the molecule is CC(C)n1nnnc1SCC(=O)N1CCN([C@@H](C)c2ccccc2)CC1. The van der Waals surface area contributed by atoms with Crippen molar-refractivity contribution in [1.29, 1.82) is 0 Å². The van der Waals surface area contributed by atoms with Crippen LogP contribution >= 0.6 is 11.8 Å². The van der Waals surface area contributed by atoms with Crippen molar-refractivity contribution in [3.63, 3.8) is 0 Å². The Kier molecular flexibility index (Phi) is 6.26. The fourth-order valence-corrected chi connectivity index (χ4v) is 4.03. The molecule has 2 aromatic rings. The second kappa shape index (κ2) is 8.64. The van der Waals surface area contributed by atoms with Crippen molar-refractivity contribution < 1.29 is 4.79 Å². The molecular formula is C18H26N6OS. The maximum Gasteiger partial charge on any atom is 0.233 e. The van der Waals surface area contributed by atoms with Gasteiger partial charge in [0.1, 0.15) is 0 Å². The Morgan fingerprint density at radius 2 is 1.81 bits per heavy atom. The number of hydrogen-bond acceptors (Lipinski definition) is 6. The fraction of sp³-hybridized carbons (Fsp3) is 0.556. The summed E-state index contributed by atoms with van der Waals surface area (Å²) in [6, 6.07) is 11.1. The molecule has 0 spiro atoms. The molecule has 1 aliphatic rings. The molecule has 0 unspecified atom stereocenters. The van der Waals surface area contributed by atoms with Gasteiger partial charge in [-0.3, -0.25) is 9.69 Å². The number of aromatic nitrogens is 4. The van der Waals surface area contributed by atoms with Gasteiger partial charge in [-0.1, -0.05) is 42.1 Å². The van der Waals surface area contributed by atoms with E-state index in [9.17, 15) is 4.79 Å². The first kappa shape index (κ1) is 18.8. The van der Waals surface area contributed by atoms with Gasteiger partial charge in [-0.25, -0.2) is 4.68 Å². The predicted octanol–water partition coefficient (Wildman–Crippen LogP) is 2.25. The molecule has 8 heteroatoms. The van der Waals surface area contributed by atoms with Crippen LogP contribution in [0, 0.1) is 0 Å². The summed E-state index contributed by atoms with van der Waals surface area (Å²) in [6.45, 7) is 9.61. The summed E-state index contributed by atoms with van der Waals surface area (Å²) >= 11 is 1.41. The average Bonchev–Trinajstić information content (AvgIpc) is 3.15. The zero-order valence-corrected chi connectivity index (χ0v) is 16.4. The van der Waals surface area contributed by atoms with E-state index in [4.69, 9.17) is 0 Å². The number of rotatable bonds is 6. The fourth-order valence-electron chi connectivity index (χ4n) is 3.12. The molecule has 0 saturated carbocycles. The Balaban J connectivity index is 1.48. The Bertz CT molecular complexity index is 711. The lowest BCUT2D eigenvalue weighted by Gasteiger charge is -2.38. The minimum Gasteiger partial charge on any atom is -0.339 e. The summed E-state index contributed by atoms with van der Waals surface area (Å²) in [5, 5.41) is 12.4. The highest BCUT2D eigenvalue weighted by Gasteiger charge is 2.25. The molecule has 2 heterocycles. The minimum atomic E-state index is 0.153. The first-order chi connectivity index (χ1) is 12.6. The van der Waals surface area contributed by atoms with Crippen molar-refractivity contribution in [1.82, 2.24) is 30.0 Å². The third kappa shape index (κ3) is 4.42. The third-order valence-electron chi connectivity index (χ3n) is 4.77. The van der Waals surface area contributed by atoms with Crippen LogP contribution < -0.4 is 0 Å². The molecule has 1 aliphatic heterocycles. The molecule has 1 saturated heterocycles. The number of carbonyl (C=O) groups excluding carboxylic acids is 1. The molecular weight excluding hydrogens is 348 g/mol. The van der Waals surface area contributed by atoms with Crippen LogP contribution in [-0.2, 0) is 4.79 Å². The van der Waals surface area contributed by atoms with Crippen LogP contribution in [0.5, 0.6) is 0 Å². The average molecular weight is 375 g/mol. The van der Waals surface area contributed by atoms with E-state index in [-0.39, 0.29) is 11.9 Å². The minimum absolute atomic E-state index is 0.153. The number of tetrazole rings is 1. The highest BCUT2D eigenvalue weighted by Crippen LogP contribution is 2.22. The first-order valence-electron chi connectivity index (χ1n) is 9.03. The van der Waals surface area contributed by atoms with Gasteiger partial charge in [0.15, 0.2) is 0 Å². The summed E-state index contributed by atoms with van der Waals surface area (Å²) in [7, 11) is 0. The lowest BCUT2D eigenvalue weighted by Crippen LogP contribution is -2.49. The number of piperazine rings is 1. The zero-order chi connectivity index (χ0) is 18.5. The normalized spacial score (nSPS) is 16.8. The van der Waals surface area contributed by atoms with Crippen molar-refractivity contribution in [2.75, 3.05) is 31.9 Å². The van der Waals surface area contributed by atoms with Crippen molar-refractivity contribution >= 4 is 17.7 Å². The first-order valence-corrected chi connectivity index (χ1v) is 10.0. The van der Waals surface area contributed by atoms with E-state index in [0.717, 1.165) is 26.2 Å². The smallest absolute Gasteiger partial charge is 0.233 e. The topological polar surface area (TPSA) is 67.2 Å². The Labute approximate surface area is 158 Å². The second-order valence-corrected chi connectivity index (χ2v) is 7.73. The van der Waals surface area contributed by atoms with E-state index in [1.807, 2.05) is 24.8 Å². The van der Waals surface area contributed by atoms with Crippen molar-refractivity contribution in [3.8, 4) is 0 Å². The molecule has 140 valence electrons. The number of carbonyl (C=O) groups is 1. The molecule has 0 N–H and O–H groups in total. The molecule has 0 radical (unpaired) electrons. The third-order valence-corrected chi connectivity index (χ3v) is 5.69. The lowest BCUT2D eigenvalue weighted by atomic mass is 10.1. The van der Waals surface area contributed by atoms with Gasteiger partial charge in [0, 0.05) is 32.2 Å². The van der Waals surface area contributed by atoms with Gasteiger partial charge in [0.25, 0.3) is 0 Å². The van der Waals surface area contributed by atoms with Crippen molar-refractivity contribution in [3.05, 3.63) is 35.9 Å². The van der Waals surface area contributed by atoms with Gasteiger partial charge in [0.2, 0.25) is 11.1 Å². The van der Waals surface area contributed by atoms with Gasteiger partial charge in [-0.2, -0.15) is 0 Å². The monoisotopic (exact) mass is 374 g/mol. The highest BCUT2D eigenvalue weighted by molar-refractivity contribution is 7.99. The van der Waals surface area contributed by atoms with Gasteiger partial charge in [0.05, 0.1) is 11.8 Å². The zero-order valence-electron chi connectivity index (χ0n) is 15.6. The largest absolute Gasteiger partial charge is 0.339 e. The van der Waals surface area contributed by atoms with Crippen LogP contribution in [0.1, 0.15) is 38.4 Å². The molecule has 1 aromatic carbocycles. The van der Waals surface area contributed by atoms with Gasteiger partial charge in [-0.15, -0.1) is 5.10 Å². The Morgan fingerprint density at radius 1 is 1.12 bits per heavy atom. The van der Waals surface area contributed by atoms with E-state index in [2.05, 4.69) is 51.6 Å². The molecule has 7 nitrogen and oxygen atoms in total. The number of benzene rings is 1. The lowest BCUT2D eigenvalue weighted by molar-refractivity contribution is -0.130. The summed E-state index contributed by atoms with van der Waals surface area (Å²) in [5.74, 6) is 0.529. The van der Waals surface area contributed by atoms with Crippen LogP contribution in [0.3, 0.4) is 0 Å². The van der Waals surface area contributed by atoms with E-state index >= 15 is 0 Å². The number of thioether (sulfide) groups is 1. The van der Waals surface area contributed by atoms with Gasteiger partial charge in [-0.05, 0) is 36.8 Å². The number of amides is 1. The second-order valence-electron chi connectivity index (χ2n) is 6.79. The Morgan fingerprint density at radius 3 is 2.46 bits per heavy atom. The van der Waals surface area contributed by atoms with Crippen LogP contribution in [0.25, 0.3) is 0 Å². The van der Waals surface area contributed by atoms with E-state index in [1.54, 1.807) is 4.68 Å². The molecule has 0 aliphatic carbocycles. The molecule has 0 bridgehead atoms. The summed E-state index contributed by atoms with van der Waals surface area (Å²) in [4.78, 5) is 16.9. The van der Waals surface area contributed by atoms with Crippen molar-refractivity contribution in [2.24, 2.45) is 0 Å².